The Kier molecular flexibility index (Phi) is 24.8. The number of amides is 1. The molecule has 2 heterocycles. The fourth-order valence-electron chi connectivity index (χ4n) is 7.15. The molecule has 0 N–H and O–H groups in total. The molecule has 19 nitrogen and oxygen atoms in total. The second-order valence-corrected chi connectivity index (χ2v) is 22.2. The number of nitrogens with zero attached hydrogens (tertiary/aromatic N) is 5. The molecule has 1 aliphatic rings. The van der Waals surface area contributed by atoms with Crippen LogP contribution in [0.4, 0.5) is 11.4 Å². The summed E-state index contributed by atoms with van der Waals surface area (Å²) in [6, 6.07) is 2.85. The standard InChI is InChI=1S/C45H34Cl15N5O14/c46-25-28(49)34(55)42(35(56)29(25)50)76-22(67)4-12-73-16-45(17-74-13-5-23(68)77-43-36(57)30(51)26(47)31(52)37(43)58,18-75-14-6-24(69)78-44-38(59)32(53)27(48)33(54)39(44)60)15-72-11-3-21(66)64-9-7-63(8-10-64)19-1-2-20(65(70)71)41-40(19)61-79-62-41/h1-2H,3-18H2. The molecule has 5 aromatic rings. The van der Waals surface area contributed by atoms with Crippen molar-refractivity contribution < 1.29 is 61.9 Å². The number of ether oxygens (including phenoxy) is 7. The summed E-state index contributed by atoms with van der Waals surface area (Å²) in [5, 5.41) is 15.7. The SMILES string of the molecule is O=C(CCOCC(COCCC(=O)Oc1c(Cl)c(Cl)c(Cl)c(Cl)c1Cl)(COCCC(=O)Oc1c(Cl)c(Cl)c(Cl)c(Cl)c1Cl)COCCC(=O)N1CCN(c2ccc([N+](=O)[O-])c3nonc23)CC1)Oc1c(Cl)c(Cl)c(Cl)c(Cl)c1Cl. The molecule has 1 aliphatic heterocycles. The summed E-state index contributed by atoms with van der Waals surface area (Å²) < 4.78 is 45.0. The molecular weight excluding hydrogens is 1370 g/mol. The first-order valence-corrected chi connectivity index (χ1v) is 28.0. The number of benzene rings is 4. The summed E-state index contributed by atoms with van der Waals surface area (Å²) in [4.78, 5) is 67.2. The molecule has 0 bridgehead atoms. The number of nitro benzene ring substituents is 1. The van der Waals surface area contributed by atoms with E-state index in [-0.39, 0.29) is 188 Å². The third kappa shape index (κ3) is 16.3. The highest BCUT2D eigenvalue weighted by Gasteiger charge is 2.35. The van der Waals surface area contributed by atoms with Gasteiger partial charge in [-0.25, -0.2) is 4.63 Å². The van der Waals surface area contributed by atoms with Crippen LogP contribution in [0.25, 0.3) is 11.0 Å². The van der Waals surface area contributed by atoms with Crippen molar-refractivity contribution in [2.45, 2.75) is 25.7 Å². The van der Waals surface area contributed by atoms with Gasteiger partial charge in [-0.15, -0.1) is 0 Å². The summed E-state index contributed by atoms with van der Waals surface area (Å²) in [6.07, 6.45) is -1.31. The van der Waals surface area contributed by atoms with E-state index in [0.717, 1.165) is 0 Å². The van der Waals surface area contributed by atoms with Gasteiger partial charge in [-0.3, -0.25) is 29.3 Å². The van der Waals surface area contributed by atoms with Crippen molar-refractivity contribution in [3.63, 3.8) is 0 Å². The Bertz CT molecular complexity index is 2840. The molecule has 0 radical (unpaired) electrons. The molecule has 1 saturated heterocycles. The molecule has 428 valence electrons. The van der Waals surface area contributed by atoms with Gasteiger partial charge in [0.05, 0.1) is 140 Å². The number of non-ortho nitro benzene ring substituents is 1. The molecular formula is C45H34Cl15N5O14. The number of halogens is 15. The van der Waals surface area contributed by atoms with Gasteiger partial charge in [-0.05, 0) is 16.4 Å². The van der Waals surface area contributed by atoms with Crippen molar-refractivity contribution in [2.24, 2.45) is 5.41 Å². The molecule has 0 saturated carbocycles. The first-order valence-electron chi connectivity index (χ1n) is 22.3. The van der Waals surface area contributed by atoms with Crippen LogP contribution in [0.3, 0.4) is 0 Å². The van der Waals surface area contributed by atoms with Gasteiger partial charge in [0.25, 0.3) is 0 Å². The van der Waals surface area contributed by atoms with Crippen molar-refractivity contribution in [1.29, 1.82) is 0 Å². The second-order valence-electron chi connectivity index (χ2n) is 16.5. The number of anilines is 1. The number of aromatic nitrogens is 2. The number of carbonyl (C=O) groups excluding carboxylic acids is 4. The average Bonchev–Trinajstić information content (AvgIpc) is 3.94. The third-order valence-electron chi connectivity index (χ3n) is 11.1. The topological polar surface area (TPSA) is 221 Å². The van der Waals surface area contributed by atoms with E-state index in [0.29, 0.717) is 18.8 Å². The van der Waals surface area contributed by atoms with E-state index in [4.69, 9.17) is 212 Å². The van der Waals surface area contributed by atoms with Crippen LogP contribution >= 0.6 is 174 Å². The highest BCUT2D eigenvalue weighted by atomic mass is 35.5. The minimum atomic E-state index is -1.35. The van der Waals surface area contributed by atoms with Gasteiger partial charge in [-0.1, -0.05) is 174 Å². The van der Waals surface area contributed by atoms with E-state index in [1.165, 1.54) is 6.07 Å². The number of fused-ring (bicyclic) bond motifs is 1. The Labute approximate surface area is 522 Å². The molecule has 34 heteroatoms. The van der Waals surface area contributed by atoms with Gasteiger partial charge in [-0.2, -0.15) is 0 Å². The van der Waals surface area contributed by atoms with Gasteiger partial charge < -0.3 is 43.0 Å². The summed E-state index contributed by atoms with van der Waals surface area (Å²) in [7, 11) is 0. The lowest BCUT2D eigenvalue weighted by atomic mass is 9.92. The average molecular weight is 1400 g/mol. The normalized spacial score (nSPS) is 12.8. The van der Waals surface area contributed by atoms with Crippen LogP contribution in [0.15, 0.2) is 16.8 Å². The lowest BCUT2D eigenvalue weighted by Gasteiger charge is -2.36. The van der Waals surface area contributed by atoms with Crippen LogP contribution < -0.4 is 19.1 Å². The first-order chi connectivity index (χ1) is 37.4. The minimum Gasteiger partial charge on any atom is -0.423 e. The molecule has 4 aromatic carbocycles. The predicted molar refractivity (Wildman–Crippen MR) is 303 cm³/mol. The number of carbonyl (C=O) groups is 4. The molecule has 1 fully saturated rings. The molecule has 0 spiro atoms. The van der Waals surface area contributed by atoms with E-state index in [1.807, 2.05) is 4.90 Å². The Hall–Kier alpha value is -2.45. The largest absolute Gasteiger partial charge is 0.423 e. The van der Waals surface area contributed by atoms with Crippen LogP contribution in [0.2, 0.25) is 75.3 Å². The highest BCUT2D eigenvalue weighted by Crippen LogP contribution is 2.51. The zero-order valence-electron chi connectivity index (χ0n) is 39.6. The molecule has 6 rings (SSSR count). The number of hydrogen-bond donors (Lipinski definition) is 0. The molecule has 79 heavy (non-hydrogen) atoms. The quantitative estimate of drug-likeness (QED) is 0.0101. The first kappa shape index (κ1) is 65.7. The predicted octanol–water partition coefficient (Wildman–Crippen LogP) is 15.0. The van der Waals surface area contributed by atoms with Crippen LogP contribution in [0, 0.1) is 15.5 Å². The van der Waals surface area contributed by atoms with Crippen molar-refractivity contribution in [2.75, 3.05) is 83.9 Å². The van der Waals surface area contributed by atoms with Gasteiger partial charge in [0, 0.05) is 32.2 Å². The van der Waals surface area contributed by atoms with E-state index < -0.39 is 47.5 Å². The number of nitro groups is 1. The summed E-state index contributed by atoms with van der Waals surface area (Å²) >= 11 is 92.6. The van der Waals surface area contributed by atoms with Crippen LogP contribution in [0.1, 0.15) is 25.7 Å². The van der Waals surface area contributed by atoms with Crippen molar-refractivity contribution in [3.05, 3.63) is 97.6 Å². The van der Waals surface area contributed by atoms with Crippen LogP contribution in [0.5, 0.6) is 17.2 Å². The van der Waals surface area contributed by atoms with E-state index >= 15 is 0 Å². The highest BCUT2D eigenvalue weighted by molar-refractivity contribution is 6.58. The van der Waals surface area contributed by atoms with Gasteiger partial charge >= 0.3 is 23.6 Å². The Morgan fingerprint density at radius 2 is 0.797 bits per heavy atom. The summed E-state index contributed by atoms with van der Waals surface area (Å²) in [5.41, 5.74) is -0.870. The van der Waals surface area contributed by atoms with Crippen LogP contribution in [-0.4, -0.2) is 123 Å². The number of hydrogen-bond acceptors (Lipinski definition) is 17. The third-order valence-corrected chi connectivity index (χ3v) is 17.9. The lowest BCUT2D eigenvalue weighted by molar-refractivity contribution is -0.383. The fourth-order valence-corrected chi connectivity index (χ4v) is 10.7. The van der Waals surface area contributed by atoms with Gasteiger partial charge in [0.1, 0.15) is 30.1 Å². The van der Waals surface area contributed by atoms with E-state index in [1.54, 1.807) is 11.0 Å². The lowest BCUT2D eigenvalue weighted by Crippen LogP contribution is -2.49. The molecule has 1 amide bonds. The number of piperazine rings is 1. The van der Waals surface area contributed by atoms with Crippen molar-refractivity contribution in [3.8, 4) is 17.2 Å². The molecule has 0 unspecified atom stereocenters. The summed E-state index contributed by atoms with van der Waals surface area (Å²) in [6.45, 7) is -1.00. The fraction of sp³-hybridized carbons (Fsp3) is 0.378. The van der Waals surface area contributed by atoms with Crippen LogP contribution in [-0.2, 0) is 38.1 Å². The maximum absolute atomic E-state index is 13.6. The molecule has 0 atom stereocenters. The van der Waals surface area contributed by atoms with E-state index in [2.05, 4.69) is 10.3 Å². The number of rotatable bonds is 25. The maximum Gasteiger partial charge on any atom is 0.313 e. The Morgan fingerprint density at radius 1 is 0.481 bits per heavy atom. The maximum atomic E-state index is 13.6. The smallest absolute Gasteiger partial charge is 0.313 e. The zero-order chi connectivity index (χ0) is 58.0. The summed E-state index contributed by atoms with van der Waals surface area (Å²) in [5.74, 6) is -3.96. The Balaban J connectivity index is 1.15. The Morgan fingerprint density at radius 3 is 1.14 bits per heavy atom. The minimum absolute atomic E-state index is 0.00731. The van der Waals surface area contributed by atoms with E-state index in [9.17, 15) is 29.3 Å². The monoisotopic (exact) mass is 1390 g/mol. The van der Waals surface area contributed by atoms with Gasteiger partial charge in [0.2, 0.25) is 11.4 Å². The van der Waals surface area contributed by atoms with Crippen molar-refractivity contribution >= 4 is 220 Å². The van der Waals surface area contributed by atoms with Crippen molar-refractivity contribution in [1.82, 2.24) is 15.2 Å². The second kappa shape index (κ2) is 29.9. The molecule has 1 aromatic heterocycles. The molecule has 0 aliphatic carbocycles. The zero-order valence-corrected chi connectivity index (χ0v) is 50.9. The van der Waals surface area contributed by atoms with Gasteiger partial charge in [0.15, 0.2) is 22.8 Å². The number of esters is 3.